The molecule has 1 heterocycles. The first-order chi connectivity index (χ1) is 7.68. The number of nitrogens with two attached hydrogens (primary N) is 1. The van der Waals surface area contributed by atoms with E-state index in [1.54, 1.807) is 19.2 Å². The zero-order valence-corrected chi connectivity index (χ0v) is 8.74. The lowest BCUT2D eigenvalue weighted by atomic mass is 10.3. The Balaban J connectivity index is 2.49. The van der Waals surface area contributed by atoms with Crippen molar-refractivity contribution in [2.75, 3.05) is 12.1 Å². The summed E-state index contributed by atoms with van der Waals surface area (Å²) in [5, 5.41) is 1.19. The highest BCUT2D eigenvalue weighted by Crippen LogP contribution is 2.03. The maximum absolute atomic E-state index is 11.7. The molecule has 0 aliphatic rings. The maximum atomic E-state index is 11.7. The molecule has 2 aromatic rings. The summed E-state index contributed by atoms with van der Waals surface area (Å²) in [6.07, 6.45) is 1.41. The van der Waals surface area contributed by atoms with E-state index in [-0.39, 0.29) is 5.95 Å². The van der Waals surface area contributed by atoms with Crippen molar-refractivity contribution in [1.82, 2.24) is 14.5 Å². The Kier molecular flexibility index (Phi) is 2.65. The lowest BCUT2D eigenvalue weighted by Crippen LogP contribution is -2.32. The Morgan fingerprint density at radius 2 is 2.00 bits per heavy atom. The third-order valence-corrected chi connectivity index (χ3v) is 2.04. The van der Waals surface area contributed by atoms with E-state index in [0.717, 1.165) is 5.69 Å². The van der Waals surface area contributed by atoms with Crippen LogP contribution >= 0.6 is 0 Å². The lowest BCUT2D eigenvalue weighted by Gasteiger charge is -2.09. The molecule has 6 nitrogen and oxygen atoms in total. The molecule has 0 unspecified atom stereocenters. The van der Waals surface area contributed by atoms with E-state index in [2.05, 4.69) is 9.97 Å². The Bertz CT molecular complexity index is 534. The van der Waals surface area contributed by atoms with Gasteiger partial charge in [-0.2, -0.15) is 4.98 Å². The van der Waals surface area contributed by atoms with Crippen LogP contribution < -0.4 is 16.5 Å². The van der Waals surface area contributed by atoms with Crippen LogP contribution in [0.1, 0.15) is 0 Å². The van der Waals surface area contributed by atoms with E-state index < -0.39 is 5.69 Å². The van der Waals surface area contributed by atoms with E-state index in [9.17, 15) is 4.79 Å². The lowest BCUT2D eigenvalue weighted by molar-refractivity contribution is 0.819. The zero-order valence-electron chi connectivity index (χ0n) is 8.74. The molecule has 0 saturated heterocycles. The quantitative estimate of drug-likeness (QED) is 0.563. The average Bonchev–Trinajstić information content (AvgIpc) is 2.30. The number of anilines is 1. The number of hydrazine groups is 1. The van der Waals surface area contributed by atoms with Crippen LogP contribution in [0.2, 0.25) is 0 Å². The highest BCUT2D eigenvalue weighted by atomic mass is 16.1. The van der Waals surface area contributed by atoms with Gasteiger partial charge in [0.1, 0.15) is 6.33 Å². The smallest absolute Gasteiger partial charge is 0.282 e. The van der Waals surface area contributed by atoms with Gasteiger partial charge in [-0.3, -0.25) is 9.58 Å². The molecule has 0 aliphatic carbocycles. The normalized spacial score (nSPS) is 10.1. The van der Waals surface area contributed by atoms with Crippen LogP contribution in [0, 0.1) is 0 Å². The first kappa shape index (κ1) is 10.3. The van der Waals surface area contributed by atoms with Crippen molar-refractivity contribution in [3.8, 4) is 5.69 Å². The summed E-state index contributed by atoms with van der Waals surface area (Å²) in [6.45, 7) is 0. The maximum Gasteiger partial charge on any atom is 0.356 e. The summed E-state index contributed by atoms with van der Waals surface area (Å²) in [6, 6.07) is 9.15. The van der Waals surface area contributed by atoms with Crippen LogP contribution in [-0.2, 0) is 0 Å². The van der Waals surface area contributed by atoms with Crippen molar-refractivity contribution in [3.63, 3.8) is 0 Å². The molecular weight excluding hydrogens is 206 g/mol. The second-order valence-electron chi connectivity index (χ2n) is 3.26. The zero-order chi connectivity index (χ0) is 11.5. The Hall–Kier alpha value is -2.21. The van der Waals surface area contributed by atoms with Crippen LogP contribution in [0.3, 0.4) is 0 Å². The van der Waals surface area contributed by atoms with Crippen molar-refractivity contribution in [1.29, 1.82) is 0 Å². The van der Waals surface area contributed by atoms with Gasteiger partial charge >= 0.3 is 5.69 Å². The molecular formula is C10H11N5O. The summed E-state index contributed by atoms with van der Waals surface area (Å²) in [5.41, 5.74) is 0.312. The number of para-hydroxylation sites is 1. The third kappa shape index (κ3) is 1.91. The van der Waals surface area contributed by atoms with Gasteiger partial charge < -0.3 is 0 Å². The molecule has 0 radical (unpaired) electrons. The van der Waals surface area contributed by atoms with Crippen molar-refractivity contribution in [2.45, 2.75) is 0 Å². The van der Waals surface area contributed by atoms with E-state index >= 15 is 0 Å². The molecule has 0 amide bonds. The second-order valence-corrected chi connectivity index (χ2v) is 3.26. The first-order valence-electron chi connectivity index (χ1n) is 4.68. The van der Waals surface area contributed by atoms with Crippen molar-refractivity contribution in [2.24, 2.45) is 5.84 Å². The standard InChI is InChI=1S/C10H11N5O/c1-14(11)9-12-7-15(10(16)13-9)8-5-3-2-4-6-8/h2-7H,11H2,1H3. The topological polar surface area (TPSA) is 77.0 Å². The number of aromatic nitrogens is 3. The summed E-state index contributed by atoms with van der Waals surface area (Å²) in [4.78, 5) is 19.4. The minimum absolute atomic E-state index is 0.192. The monoisotopic (exact) mass is 217 g/mol. The molecule has 0 bridgehead atoms. The van der Waals surface area contributed by atoms with Crippen molar-refractivity contribution in [3.05, 3.63) is 47.1 Å². The van der Waals surface area contributed by atoms with Gasteiger partial charge in [0.15, 0.2) is 0 Å². The molecule has 2 rings (SSSR count). The minimum Gasteiger partial charge on any atom is -0.282 e. The molecule has 0 atom stereocenters. The van der Waals surface area contributed by atoms with Crippen LogP contribution in [0.25, 0.3) is 5.69 Å². The number of hydrogen-bond donors (Lipinski definition) is 1. The SMILES string of the molecule is CN(N)c1ncn(-c2ccccc2)c(=O)n1. The predicted octanol–water partition coefficient (Wildman–Crippen LogP) is -0.0626. The fourth-order valence-electron chi connectivity index (χ4n) is 1.26. The van der Waals surface area contributed by atoms with Crippen LogP contribution in [-0.4, -0.2) is 21.6 Å². The number of hydrogen-bond acceptors (Lipinski definition) is 5. The average molecular weight is 217 g/mol. The van der Waals surface area contributed by atoms with Gasteiger partial charge in [0.2, 0.25) is 5.95 Å². The molecule has 6 heteroatoms. The molecule has 0 aliphatic heterocycles. The predicted molar refractivity (Wildman–Crippen MR) is 60.2 cm³/mol. The number of benzene rings is 1. The van der Waals surface area contributed by atoms with Crippen molar-refractivity contribution >= 4 is 5.95 Å². The third-order valence-electron chi connectivity index (χ3n) is 2.04. The molecule has 0 fully saturated rings. The number of nitrogens with zero attached hydrogens (tertiary/aromatic N) is 4. The summed E-state index contributed by atoms with van der Waals surface area (Å²) < 4.78 is 1.35. The number of rotatable bonds is 2. The summed E-state index contributed by atoms with van der Waals surface area (Å²) in [5.74, 6) is 5.62. The Labute approximate surface area is 92.0 Å². The van der Waals surface area contributed by atoms with E-state index in [1.807, 2.05) is 18.2 Å². The van der Waals surface area contributed by atoms with Crippen LogP contribution in [0.15, 0.2) is 41.5 Å². The van der Waals surface area contributed by atoms with Crippen LogP contribution in [0.4, 0.5) is 5.95 Å². The van der Waals surface area contributed by atoms with E-state index in [0.29, 0.717) is 0 Å². The largest absolute Gasteiger partial charge is 0.356 e. The fourth-order valence-corrected chi connectivity index (χ4v) is 1.26. The summed E-state index contributed by atoms with van der Waals surface area (Å²) in [7, 11) is 1.57. The van der Waals surface area contributed by atoms with Gasteiger partial charge in [-0.05, 0) is 12.1 Å². The molecule has 82 valence electrons. The highest BCUT2D eigenvalue weighted by Gasteiger charge is 2.04. The van der Waals surface area contributed by atoms with Gasteiger partial charge in [-0.25, -0.2) is 15.6 Å². The summed E-state index contributed by atoms with van der Waals surface area (Å²) >= 11 is 0. The highest BCUT2D eigenvalue weighted by molar-refractivity contribution is 5.31. The fraction of sp³-hybridized carbons (Fsp3) is 0.100. The Morgan fingerprint density at radius 3 is 2.56 bits per heavy atom. The second kappa shape index (κ2) is 4.11. The molecule has 1 aromatic heterocycles. The van der Waals surface area contributed by atoms with Gasteiger partial charge in [0.25, 0.3) is 0 Å². The molecule has 2 N–H and O–H groups in total. The molecule has 16 heavy (non-hydrogen) atoms. The van der Waals surface area contributed by atoms with E-state index in [1.165, 1.54) is 15.9 Å². The van der Waals surface area contributed by atoms with Gasteiger partial charge in [-0.15, -0.1) is 0 Å². The van der Waals surface area contributed by atoms with Crippen LogP contribution in [0.5, 0.6) is 0 Å². The van der Waals surface area contributed by atoms with Gasteiger partial charge in [-0.1, -0.05) is 18.2 Å². The van der Waals surface area contributed by atoms with Crippen molar-refractivity contribution < 1.29 is 0 Å². The van der Waals surface area contributed by atoms with E-state index in [4.69, 9.17) is 5.84 Å². The van der Waals surface area contributed by atoms with Gasteiger partial charge in [0, 0.05) is 7.05 Å². The molecule has 0 saturated carbocycles. The van der Waals surface area contributed by atoms with Gasteiger partial charge in [0.05, 0.1) is 5.69 Å². The molecule has 0 spiro atoms. The minimum atomic E-state index is -0.409. The Morgan fingerprint density at radius 1 is 1.31 bits per heavy atom. The molecule has 1 aromatic carbocycles. The first-order valence-corrected chi connectivity index (χ1v) is 4.68.